The van der Waals surface area contributed by atoms with E-state index in [4.69, 9.17) is 4.99 Å². The van der Waals surface area contributed by atoms with E-state index < -0.39 is 0 Å². The molecule has 0 saturated carbocycles. The number of hydrogen-bond donors (Lipinski definition) is 2. The van der Waals surface area contributed by atoms with Crippen molar-refractivity contribution in [3.8, 4) is 0 Å². The summed E-state index contributed by atoms with van der Waals surface area (Å²) in [5.41, 5.74) is 0.945. The van der Waals surface area contributed by atoms with Crippen LogP contribution in [0.2, 0.25) is 0 Å². The number of nitrogens with one attached hydrogen (secondary N) is 2. The highest BCUT2D eigenvalue weighted by molar-refractivity contribution is 7.09. The lowest BCUT2D eigenvalue weighted by Crippen LogP contribution is -2.48. The number of anilines is 1. The fourth-order valence-corrected chi connectivity index (χ4v) is 4.27. The van der Waals surface area contributed by atoms with Crippen LogP contribution in [0.1, 0.15) is 29.4 Å². The highest BCUT2D eigenvalue weighted by atomic mass is 32.1. The second-order valence-electron chi connectivity index (χ2n) is 7.71. The molecule has 0 unspecified atom stereocenters. The number of aromatic nitrogens is 3. The normalized spacial score (nSPS) is 15.3. The molecule has 0 radical (unpaired) electrons. The predicted octanol–water partition coefficient (Wildman–Crippen LogP) is 3.23. The average Bonchev–Trinajstić information content (AvgIpc) is 3.41. The van der Waals surface area contributed by atoms with Gasteiger partial charge in [0.05, 0.1) is 6.54 Å². The number of halogens is 1. The summed E-state index contributed by atoms with van der Waals surface area (Å²) in [6, 6.07) is 11.3. The molecule has 7 nitrogen and oxygen atoms in total. The molecule has 0 amide bonds. The van der Waals surface area contributed by atoms with Crippen molar-refractivity contribution in [2.75, 3.05) is 18.0 Å². The minimum absolute atomic E-state index is 0.191. The molecule has 0 atom stereocenters. The van der Waals surface area contributed by atoms with Crippen LogP contribution in [-0.4, -0.2) is 39.9 Å². The van der Waals surface area contributed by atoms with Gasteiger partial charge in [0.25, 0.3) is 0 Å². The van der Waals surface area contributed by atoms with E-state index in [-0.39, 0.29) is 5.82 Å². The quantitative estimate of drug-likeness (QED) is 0.454. The number of aliphatic imine (C=N–C) groups is 1. The number of piperidine rings is 1. The van der Waals surface area contributed by atoms with Crippen molar-refractivity contribution >= 4 is 23.0 Å². The van der Waals surface area contributed by atoms with Crippen molar-refractivity contribution in [3.63, 3.8) is 0 Å². The third-order valence-corrected chi connectivity index (χ3v) is 6.46. The summed E-state index contributed by atoms with van der Waals surface area (Å²) in [6.07, 6.45) is 1.92. The first kappa shape index (κ1) is 21.3. The summed E-state index contributed by atoms with van der Waals surface area (Å²) < 4.78 is 15.5. The van der Waals surface area contributed by atoms with Gasteiger partial charge in [-0.15, -0.1) is 21.5 Å². The maximum absolute atomic E-state index is 13.6. The summed E-state index contributed by atoms with van der Waals surface area (Å²) in [6.45, 7) is 4.87. The fourth-order valence-electron chi connectivity index (χ4n) is 3.62. The van der Waals surface area contributed by atoms with E-state index in [9.17, 15) is 4.39 Å². The Morgan fingerprint density at radius 1 is 1.23 bits per heavy atom. The molecule has 2 aromatic heterocycles. The Labute approximate surface area is 186 Å². The molecule has 3 heterocycles. The number of benzene rings is 1. The van der Waals surface area contributed by atoms with Crippen LogP contribution in [0.3, 0.4) is 0 Å². The number of rotatable bonds is 6. The first-order valence-electron chi connectivity index (χ1n) is 10.5. The number of hydrogen-bond acceptors (Lipinski definition) is 5. The van der Waals surface area contributed by atoms with Gasteiger partial charge in [0.1, 0.15) is 18.2 Å². The number of thiophene rings is 1. The van der Waals surface area contributed by atoms with Crippen molar-refractivity contribution in [2.45, 2.75) is 38.9 Å². The summed E-state index contributed by atoms with van der Waals surface area (Å²) in [5.74, 6) is 2.29. The smallest absolute Gasteiger partial charge is 0.192 e. The standard InChI is InChI=1S/C22H28FN7S/c1-16-27-28-21(29(16)2)15-25-22(24-14-20-7-4-12-31-20)26-18-8-10-30(11-9-18)19-6-3-5-17(23)13-19/h3-7,12-13,18H,8-11,14-15H2,1-2H3,(H2,24,25,26). The van der Waals surface area contributed by atoms with Crippen LogP contribution in [0.15, 0.2) is 46.8 Å². The van der Waals surface area contributed by atoms with Crippen molar-refractivity contribution in [2.24, 2.45) is 12.0 Å². The van der Waals surface area contributed by atoms with E-state index >= 15 is 0 Å². The summed E-state index contributed by atoms with van der Waals surface area (Å²) in [7, 11) is 1.95. The molecule has 1 aliphatic heterocycles. The van der Waals surface area contributed by atoms with E-state index in [0.717, 1.165) is 55.8 Å². The topological polar surface area (TPSA) is 70.4 Å². The highest BCUT2D eigenvalue weighted by Crippen LogP contribution is 2.20. The minimum atomic E-state index is -0.191. The maximum atomic E-state index is 13.6. The van der Waals surface area contributed by atoms with Gasteiger partial charge in [-0.3, -0.25) is 0 Å². The molecule has 0 bridgehead atoms. The van der Waals surface area contributed by atoms with Gasteiger partial charge in [-0.2, -0.15) is 0 Å². The summed E-state index contributed by atoms with van der Waals surface area (Å²) in [5, 5.41) is 17.4. The Morgan fingerprint density at radius 3 is 2.74 bits per heavy atom. The van der Waals surface area contributed by atoms with Gasteiger partial charge in [0, 0.05) is 36.7 Å². The van der Waals surface area contributed by atoms with Crippen LogP contribution < -0.4 is 15.5 Å². The molecule has 164 valence electrons. The summed E-state index contributed by atoms with van der Waals surface area (Å²) in [4.78, 5) is 8.25. The Morgan fingerprint density at radius 2 is 2.06 bits per heavy atom. The predicted molar refractivity (Wildman–Crippen MR) is 123 cm³/mol. The zero-order valence-electron chi connectivity index (χ0n) is 17.9. The second kappa shape index (κ2) is 9.91. The molecule has 0 spiro atoms. The fraction of sp³-hybridized carbons (Fsp3) is 0.409. The van der Waals surface area contributed by atoms with Gasteiger partial charge < -0.3 is 20.1 Å². The van der Waals surface area contributed by atoms with Gasteiger partial charge in [0.15, 0.2) is 11.8 Å². The zero-order chi connectivity index (χ0) is 21.6. The van der Waals surface area contributed by atoms with Crippen molar-refractivity contribution in [1.82, 2.24) is 25.4 Å². The van der Waals surface area contributed by atoms with E-state index in [2.05, 4.69) is 43.2 Å². The van der Waals surface area contributed by atoms with Gasteiger partial charge in [0.2, 0.25) is 0 Å². The van der Waals surface area contributed by atoms with Crippen molar-refractivity contribution in [1.29, 1.82) is 0 Å². The molecule has 1 fully saturated rings. The third kappa shape index (κ3) is 5.61. The maximum Gasteiger partial charge on any atom is 0.192 e. The Balaban J connectivity index is 1.38. The molecule has 31 heavy (non-hydrogen) atoms. The highest BCUT2D eigenvalue weighted by Gasteiger charge is 2.21. The van der Waals surface area contributed by atoms with Gasteiger partial charge >= 0.3 is 0 Å². The molecular formula is C22H28FN7S. The van der Waals surface area contributed by atoms with Crippen LogP contribution in [0, 0.1) is 12.7 Å². The lowest BCUT2D eigenvalue weighted by molar-refractivity contribution is 0.460. The Kier molecular flexibility index (Phi) is 6.81. The molecule has 1 saturated heterocycles. The van der Waals surface area contributed by atoms with Gasteiger partial charge in [-0.25, -0.2) is 9.38 Å². The second-order valence-corrected chi connectivity index (χ2v) is 8.74. The van der Waals surface area contributed by atoms with Crippen LogP contribution >= 0.6 is 11.3 Å². The van der Waals surface area contributed by atoms with Crippen LogP contribution in [0.5, 0.6) is 0 Å². The SMILES string of the molecule is Cc1nnc(CN=C(NCc2cccs2)NC2CCN(c3cccc(F)c3)CC2)n1C. The van der Waals surface area contributed by atoms with Gasteiger partial charge in [-0.1, -0.05) is 12.1 Å². The monoisotopic (exact) mass is 441 g/mol. The minimum Gasteiger partial charge on any atom is -0.371 e. The third-order valence-electron chi connectivity index (χ3n) is 5.58. The average molecular weight is 442 g/mol. The lowest BCUT2D eigenvalue weighted by Gasteiger charge is -2.34. The first-order valence-corrected chi connectivity index (χ1v) is 11.4. The first-order chi connectivity index (χ1) is 15.1. The van der Waals surface area contributed by atoms with E-state index in [1.54, 1.807) is 23.5 Å². The largest absolute Gasteiger partial charge is 0.371 e. The Hall–Kier alpha value is -2.94. The number of guanidine groups is 1. The van der Waals surface area contributed by atoms with Crippen LogP contribution in [0.25, 0.3) is 0 Å². The molecule has 1 aromatic carbocycles. The lowest BCUT2D eigenvalue weighted by atomic mass is 10.0. The van der Waals surface area contributed by atoms with Crippen LogP contribution in [-0.2, 0) is 20.1 Å². The number of nitrogens with zero attached hydrogens (tertiary/aromatic N) is 5. The molecule has 4 rings (SSSR count). The summed E-state index contributed by atoms with van der Waals surface area (Å²) >= 11 is 1.72. The van der Waals surface area contributed by atoms with Crippen molar-refractivity contribution < 1.29 is 4.39 Å². The molecular weight excluding hydrogens is 413 g/mol. The van der Waals surface area contributed by atoms with E-state index in [0.29, 0.717) is 12.6 Å². The van der Waals surface area contributed by atoms with E-state index in [1.807, 2.05) is 24.6 Å². The molecule has 0 aliphatic carbocycles. The van der Waals surface area contributed by atoms with Crippen LogP contribution in [0.4, 0.5) is 10.1 Å². The van der Waals surface area contributed by atoms with E-state index in [1.165, 1.54) is 10.9 Å². The molecule has 1 aliphatic rings. The van der Waals surface area contributed by atoms with Crippen molar-refractivity contribution in [3.05, 3.63) is 64.1 Å². The zero-order valence-corrected chi connectivity index (χ0v) is 18.7. The molecule has 2 N–H and O–H groups in total. The van der Waals surface area contributed by atoms with Gasteiger partial charge in [-0.05, 0) is 49.4 Å². The Bertz CT molecular complexity index is 1010. The molecule has 9 heteroatoms. The number of aryl methyl sites for hydroxylation is 1. The molecule has 3 aromatic rings.